The van der Waals surface area contributed by atoms with E-state index in [1.807, 2.05) is 0 Å². The van der Waals surface area contributed by atoms with Crippen LogP contribution in [-0.4, -0.2) is 56.5 Å². The first-order valence-electron chi connectivity index (χ1n) is 12.5. The molecule has 5 heterocycles. The van der Waals surface area contributed by atoms with E-state index in [0.29, 0.717) is 38.1 Å². The van der Waals surface area contributed by atoms with Gasteiger partial charge in [-0.25, -0.2) is 14.1 Å². The molecule has 1 fully saturated rings. The van der Waals surface area contributed by atoms with Crippen LogP contribution >= 0.6 is 22.9 Å². The first kappa shape index (κ1) is 28.4. The Balaban J connectivity index is 1.41. The van der Waals surface area contributed by atoms with Crippen LogP contribution in [0.1, 0.15) is 41.0 Å². The molecule has 0 aliphatic carbocycles. The summed E-state index contributed by atoms with van der Waals surface area (Å²) in [6.07, 6.45) is 7.31. The average molecular weight is 636 g/mol. The monoisotopic (exact) mass is 635 g/mol. The van der Waals surface area contributed by atoms with Crippen molar-refractivity contribution < 1.29 is 21.6 Å². The highest BCUT2D eigenvalue weighted by molar-refractivity contribution is 7.87. The molecule has 0 saturated carbocycles. The largest absolute Gasteiger partial charge is 0.333 e. The fourth-order valence-corrected chi connectivity index (χ4v) is 6.81. The lowest BCUT2D eigenvalue weighted by atomic mass is 9.92. The summed E-state index contributed by atoms with van der Waals surface area (Å²) in [7, 11) is -4.00. The molecule has 0 radical (unpaired) electrons. The quantitative estimate of drug-likeness (QED) is 0.285. The van der Waals surface area contributed by atoms with E-state index < -0.39 is 34.7 Å². The number of hydrogen-bond donors (Lipinski definition) is 2. The highest BCUT2D eigenvalue weighted by Crippen LogP contribution is 2.46. The average Bonchev–Trinajstić information content (AvgIpc) is 3.73. The minimum absolute atomic E-state index is 0.0738. The maximum Gasteiger partial charge on any atom is 0.333 e. The fraction of sp³-hybridized carbons (Fsp3) is 0.240. The Morgan fingerprint density at radius 1 is 1.17 bits per heavy atom. The van der Waals surface area contributed by atoms with Crippen LogP contribution in [0.2, 0.25) is 5.02 Å². The Morgan fingerprint density at radius 2 is 2.02 bits per heavy atom. The molecule has 2 N–H and O–H groups in total. The van der Waals surface area contributed by atoms with Crippen LogP contribution in [0.15, 0.2) is 71.3 Å². The second kappa shape index (κ2) is 11.5. The molecule has 2 aliphatic heterocycles. The molecule has 2 aliphatic rings. The van der Waals surface area contributed by atoms with Crippen molar-refractivity contribution in [3.05, 3.63) is 99.1 Å². The second-order valence-corrected chi connectivity index (χ2v) is 12.2. The molecule has 1 aromatic carbocycles. The van der Waals surface area contributed by atoms with Gasteiger partial charge in [-0.3, -0.25) is 15.0 Å². The van der Waals surface area contributed by atoms with Crippen molar-refractivity contribution in [1.82, 2.24) is 39.1 Å². The Morgan fingerprint density at radius 3 is 2.71 bits per heavy atom. The minimum atomic E-state index is -4.00. The van der Waals surface area contributed by atoms with Crippen LogP contribution in [0.5, 0.6) is 0 Å². The van der Waals surface area contributed by atoms with Gasteiger partial charge in [0.2, 0.25) is 0 Å². The smallest absolute Gasteiger partial charge is 0.326 e. The SMILES string of the molecule is O=S(=O)(NCc1cnccn1)N[C@H]1CC2=C(c3ccn(C(F)F)n3)[C@H](c3ccc(F)cc3Cl)N=C(c3nccs3)N2C1. The number of fused-ring (bicyclic) bond motifs is 1. The molecular formula is C25H21ClF3N9O2S2. The number of aromatic nitrogens is 5. The van der Waals surface area contributed by atoms with Gasteiger partial charge in [0.05, 0.1) is 17.9 Å². The number of thiazole rings is 1. The highest BCUT2D eigenvalue weighted by Gasteiger charge is 2.42. The molecule has 4 aromatic rings. The third-order valence-electron chi connectivity index (χ3n) is 6.61. The number of amidine groups is 1. The summed E-state index contributed by atoms with van der Waals surface area (Å²) in [6.45, 7) is -2.78. The lowest BCUT2D eigenvalue weighted by molar-refractivity contribution is 0.0564. The Kier molecular flexibility index (Phi) is 7.80. The van der Waals surface area contributed by atoms with Gasteiger partial charge in [0, 0.05) is 77.2 Å². The van der Waals surface area contributed by atoms with Crippen molar-refractivity contribution in [1.29, 1.82) is 0 Å². The van der Waals surface area contributed by atoms with E-state index in [0.717, 1.165) is 12.3 Å². The van der Waals surface area contributed by atoms with Gasteiger partial charge in [-0.1, -0.05) is 17.7 Å². The van der Waals surface area contributed by atoms with Gasteiger partial charge < -0.3 is 4.90 Å². The third kappa shape index (κ3) is 5.80. The van der Waals surface area contributed by atoms with Gasteiger partial charge in [0.25, 0.3) is 10.2 Å². The zero-order chi connectivity index (χ0) is 29.4. The zero-order valence-corrected chi connectivity index (χ0v) is 23.8. The Labute approximate surface area is 247 Å². The zero-order valence-electron chi connectivity index (χ0n) is 21.4. The standard InChI is InChI=1S/C25H21ClF3N9O2S2/c26-18-9-14(27)1-2-17(18)22-21(19-3-7-38(35-19)25(28)29)20-10-15(13-37(20)23(34-22)24-32-6-8-41-24)36-42(39,40)33-12-16-11-30-4-5-31-16/h1-9,11,15,22,25,33,36H,10,12-13H2/t15-,22-/m0/s1. The van der Waals surface area contributed by atoms with Crippen molar-refractivity contribution in [2.45, 2.75) is 31.6 Å². The van der Waals surface area contributed by atoms with Gasteiger partial charge in [-0.2, -0.15) is 31.7 Å². The lowest BCUT2D eigenvalue weighted by Gasteiger charge is -2.32. The summed E-state index contributed by atoms with van der Waals surface area (Å²) in [5.41, 5.74) is 2.10. The van der Waals surface area contributed by atoms with Crippen molar-refractivity contribution in [2.24, 2.45) is 4.99 Å². The van der Waals surface area contributed by atoms with Gasteiger partial charge in [0.15, 0.2) is 10.8 Å². The van der Waals surface area contributed by atoms with Gasteiger partial charge in [0.1, 0.15) is 11.9 Å². The molecule has 6 rings (SSSR count). The number of alkyl halides is 2. The van der Waals surface area contributed by atoms with E-state index in [4.69, 9.17) is 16.6 Å². The van der Waals surface area contributed by atoms with Crippen LogP contribution in [0, 0.1) is 5.82 Å². The summed E-state index contributed by atoms with van der Waals surface area (Å²) in [6, 6.07) is 3.79. The number of hydrogen-bond acceptors (Lipinski definition) is 9. The summed E-state index contributed by atoms with van der Waals surface area (Å²) in [5.74, 6) is -0.109. The van der Waals surface area contributed by atoms with Crippen LogP contribution < -0.4 is 9.44 Å². The number of nitrogens with zero attached hydrogens (tertiary/aromatic N) is 7. The molecular weight excluding hydrogens is 615 g/mol. The molecule has 0 spiro atoms. The molecule has 1 saturated heterocycles. The molecule has 11 nitrogen and oxygen atoms in total. The normalized spacial score (nSPS) is 19.0. The first-order chi connectivity index (χ1) is 20.2. The molecule has 42 heavy (non-hydrogen) atoms. The summed E-state index contributed by atoms with van der Waals surface area (Å²) in [5, 5.41) is 6.50. The Hall–Kier alpha value is -3.70. The van der Waals surface area contributed by atoms with Crippen molar-refractivity contribution in [3.63, 3.8) is 0 Å². The summed E-state index contributed by atoms with van der Waals surface area (Å²) in [4.78, 5) is 19.1. The molecule has 2 atom stereocenters. The van der Waals surface area contributed by atoms with Gasteiger partial charge in [-0.15, -0.1) is 11.3 Å². The molecule has 0 amide bonds. The van der Waals surface area contributed by atoms with Crippen molar-refractivity contribution >= 4 is 44.6 Å². The number of aliphatic imine (C=N–C) groups is 1. The fourth-order valence-electron chi connectivity index (χ4n) is 4.88. The number of rotatable bonds is 9. The summed E-state index contributed by atoms with van der Waals surface area (Å²) >= 11 is 7.80. The highest BCUT2D eigenvalue weighted by atomic mass is 35.5. The first-order valence-corrected chi connectivity index (χ1v) is 15.2. The topological polar surface area (TPSA) is 130 Å². The molecule has 0 bridgehead atoms. The van der Waals surface area contributed by atoms with Crippen molar-refractivity contribution in [2.75, 3.05) is 6.54 Å². The van der Waals surface area contributed by atoms with Crippen LogP contribution in [0.3, 0.4) is 0 Å². The van der Waals surface area contributed by atoms with E-state index in [1.54, 1.807) is 16.5 Å². The number of benzene rings is 1. The molecule has 3 aromatic heterocycles. The van der Waals surface area contributed by atoms with E-state index in [-0.39, 0.29) is 30.2 Å². The van der Waals surface area contributed by atoms with E-state index in [2.05, 4.69) is 29.5 Å². The predicted octanol–water partition coefficient (Wildman–Crippen LogP) is 3.93. The van der Waals surface area contributed by atoms with Crippen molar-refractivity contribution in [3.8, 4) is 0 Å². The third-order valence-corrected chi connectivity index (χ3v) is 8.87. The van der Waals surface area contributed by atoms with E-state index in [9.17, 15) is 21.6 Å². The number of halogens is 4. The van der Waals surface area contributed by atoms with Gasteiger partial charge in [-0.05, 0) is 18.2 Å². The molecule has 0 unspecified atom stereocenters. The molecule has 218 valence electrons. The van der Waals surface area contributed by atoms with E-state index >= 15 is 0 Å². The number of nitrogens with one attached hydrogen (secondary N) is 2. The van der Waals surface area contributed by atoms with Gasteiger partial charge >= 0.3 is 6.55 Å². The molecule has 17 heteroatoms. The van der Waals surface area contributed by atoms with Crippen LogP contribution in [0.4, 0.5) is 13.2 Å². The van der Waals surface area contributed by atoms with E-state index in [1.165, 1.54) is 48.1 Å². The second-order valence-electron chi connectivity index (χ2n) is 9.33. The summed E-state index contributed by atoms with van der Waals surface area (Å²) < 4.78 is 72.6. The lowest BCUT2D eigenvalue weighted by Crippen LogP contribution is -2.44. The predicted molar refractivity (Wildman–Crippen MR) is 149 cm³/mol. The maximum absolute atomic E-state index is 14.0. The maximum atomic E-state index is 14.0. The minimum Gasteiger partial charge on any atom is -0.326 e. The van der Waals surface area contributed by atoms with Crippen LogP contribution in [0.25, 0.3) is 5.57 Å². The van der Waals surface area contributed by atoms with Crippen LogP contribution in [-0.2, 0) is 16.8 Å². The Bertz CT molecular complexity index is 1770.